The smallest absolute Gasteiger partial charge is 0.266 e. The molecule has 2 rings (SSSR count). The van der Waals surface area contributed by atoms with Gasteiger partial charge in [-0.1, -0.05) is 12.1 Å². The van der Waals surface area contributed by atoms with E-state index in [1.54, 1.807) is 18.2 Å². The quantitative estimate of drug-likeness (QED) is 0.783. The number of benzene rings is 1. The minimum absolute atomic E-state index is 0.297. The summed E-state index contributed by atoms with van der Waals surface area (Å²) in [6.45, 7) is 0. The number of H-pyrrole nitrogens is 1. The van der Waals surface area contributed by atoms with Crippen molar-refractivity contribution in [1.29, 1.82) is 0 Å². The first kappa shape index (κ1) is 9.39. The van der Waals surface area contributed by atoms with Crippen LogP contribution >= 0.6 is 0 Å². The Balaban J connectivity index is 2.26. The van der Waals surface area contributed by atoms with Gasteiger partial charge in [-0.05, 0) is 12.1 Å². The third-order valence-corrected chi connectivity index (χ3v) is 1.81. The highest BCUT2D eigenvalue weighted by atomic mass is 19.1. The highest BCUT2D eigenvalue weighted by Gasteiger charge is 2.00. The zero-order chi connectivity index (χ0) is 10.7. The topological polar surface area (TPSA) is 57.8 Å². The van der Waals surface area contributed by atoms with E-state index in [1.807, 2.05) is 0 Å². The van der Waals surface area contributed by atoms with Gasteiger partial charge in [-0.25, -0.2) is 9.37 Å². The van der Waals surface area contributed by atoms with Crippen LogP contribution in [0.4, 0.5) is 15.9 Å². The largest absolute Gasteiger partial charge is 0.337 e. The molecule has 4 nitrogen and oxygen atoms in total. The predicted molar refractivity (Wildman–Crippen MR) is 54.5 cm³/mol. The molecule has 0 aliphatic heterocycles. The van der Waals surface area contributed by atoms with Gasteiger partial charge in [0, 0.05) is 6.20 Å². The van der Waals surface area contributed by atoms with Crippen LogP contribution in [-0.2, 0) is 0 Å². The van der Waals surface area contributed by atoms with Gasteiger partial charge in [-0.3, -0.25) is 4.79 Å². The van der Waals surface area contributed by atoms with Gasteiger partial charge in [0.2, 0.25) is 0 Å². The van der Waals surface area contributed by atoms with Crippen molar-refractivity contribution in [1.82, 2.24) is 9.97 Å². The molecule has 0 saturated carbocycles. The standard InChI is InChI=1S/C10H8FN3O/c11-7-3-1-2-4-8(7)14-9-5-13-10(15)6-12-9/h1-6H,(H,12,14)(H,13,15). The molecular weight excluding hydrogens is 197 g/mol. The number of nitrogens with zero attached hydrogens (tertiary/aromatic N) is 1. The normalized spacial score (nSPS) is 9.93. The third kappa shape index (κ3) is 2.19. The van der Waals surface area contributed by atoms with Crippen LogP contribution in [0.15, 0.2) is 41.5 Å². The van der Waals surface area contributed by atoms with Crippen LogP contribution in [0.3, 0.4) is 0 Å². The lowest BCUT2D eigenvalue weighted by Gasteiger charge is -2.04. The average molecular weight is 205 g/mol. The van der Waals surface area contributed by atoms with E-state index in [9.17, 15) is 9.18 Å². The van der Waals surface area contributed by atoms with E-state index in [1.165, 1.54) is 12.3 Å². The van der Waals surface area contributed by atoms with Crippen LogP contribution in [-0.4, -0.2) is 9.97 Å². The molecule has 0 bridgehead atoms. The number of halogens is 1. The molecule has 0 saturated heterocycles. The monoisotopic (exact) mass is 205 g/mol. The van der Waals surface area contributed by atoms with Gasteiger partial charge < -0.3 is 10.3 Å². The van der Waals surface area contributed by atoms with E-state index in [4.69, 9.17) is 0 Å². The summed E-state index contributed by atoms with van der Waals surface area (Å²) in [5, 5.41) is 2.74. The molecule has 0 fully saturated rings. The summed E-state index contributed by atoms with van der Waals surface area (Å²) in [5.74, 6) is 0.0187. The van der Waals surface area contributed by atoms with E-state index in [2.05, 4.69) is 15.3 Å². The molecule has 1 heterocycles. The Hall–Kier alpha value is -2.17. The lowest BCUT2D eigenvalue weighted by molar-refractivity contribution is 0.632. The molecule has 0 radical (unpaired) electrons. The fourth-order valence-electron chi connectivity index (χ4n) is 1.11. The van der Waals surface area contributed by atoms with Crippen molar-refractivity contribution >= 4 is 11.5 Å². The van der Waals surface area contributed by atoms with Gasteiger partial charge in [0.15, 0.2) is 0 Å². The Bertz CT molecular complexity index is 504. The third-order valence-electron chi connectivity index (χ3n) is 1.81. The van der Waals surface area contributed by atoms with Gasteiger partial charge in [0.25, 0.3) is 5.56 Å². The molecule has 0 spiro atoms. The molecule has 2 aromatic rings. The van der Waals surface area contributed by atoms with E-state index in [-0.39, 0.29) is 11.4 Å². The van der Waals surface area contributed by atoms with Gasteiger partial charge in [0.05, 0.1) is 11.9 Å². The zero-order valence-electron chi connectivity index (χ0n) is 7.70. The second-order valence-corrected chi connectivity index (χ2v) is 2.90. The fourth-order valence-corrected chi connectivity index (χ4v) is 1.11. The Morgan fingerprint density at radius 3 is 2.80 bits per heavy atom. The number of aromatic nitrogens is 2. The van der Waals surface area contributed by atoms with Crippen LogP contribution < -0.4 is 10.9 Å². The lowest BCUT2D eigenvalue weighted by Crippen LogP contribution is -2.06. The van der Waals surface area contributed by atoms with Gasteiger partial charge >= 0.3 is 0 Å². The molecule has 76 valence electrons. The Kier molecular flexibility index (Phi) is 2.45. The first-order chi connectivity index (χ1) is 7.25. The number of anilines is 2. The number of aromatic amines is 1. The summed E-state index contributed by atoms with van der Waals surface area (Å²) in [7, 11) is 0. The van der Waals surface area contributed by atoms with Crippen molar-refractivity contribution in [3.8, 4) is 0 Å². The van der Waals surface area contributed by atoms with Gasteiger partial charge in [0.1, 0.15) is 11.6 Å². The van der Waals surface area contributed by atoms with Gasteiger partial charge in [-0.2, -0.15) is 0 Å². The number of nitrogens with one attached hydrogen (secondary N) is 2. The molecule has 15 heavy (non-hydrogen) atoms. The summed E-state index contributed by atoms with van der Waals surface area (Å²) in [6, 6.07) is 6.23. The molecule has 0 amide bonds. The maximum absolute atomic E-state index is 13.2. The minimum atomic E-state index is -0.370. The SMILES string of the molecule is O=c1cnc(Nc2ccccc2F)c[nH]1. The van der Waals surface area contributed by atoms with Crippen molar-refractivity contribution < 1.29 is 4.39 Å². The second kappa shape index (κ2) is 3.91. The van der Waals surface area contributed by atoms with Crippen molar-refractivity contribution in [3.05, 3.63) is 52.8 Å². The molecule has 0 atom stereocenters. The second-order valence-electron chi connectivity index (χ2n) is 2.90. The van der Waals surface area contributed by atoms with Crippen LogP contribution in [0.2, 0.25) is 0 Å². The first-order valence-corrected chi connectivity index (χ1v) is 4.32. The van der Waals surface area contributed by atoms with Crippen molar-refractivity contribution in [3.63, 3.8) is 0 Å². The van der Waals surface area contributed by atoms with E-state index in [0.717, 1.165) is 6.20 Å². The number of rotatable bonds is 2. The molecule has 0 unspecified atom stereocenters. The highest BCUT2D eigenvalue weighted by molar-refractivity contribution is 5.55. The van der Waals surface area contributed by atoms with Crippen LogP contribution in [0, 0.1) is 5.82 Å². The molecule has 0 aliphatic carbocycles. The molecule has 2 N–H and O–H groups in total. The summed E-state index contributed by atoms with van der Waals surface area (Å²) in [6.07, 6.45) is 2.51. The van der Waals surface area contributed by atoms with Crippen LogP contribution in [0.25, 0.3) is 0 Å². The first-order valence-electron chi connectivity index (χ1n) is 4.32. The maximum atomic E-state index is 13.2. The summed E-state index contributed by atoms with van der Waals surface area (Å²) in [5.41, 5.74) is 0.0196. The van der Waals surface area contributed by atoms with Crippen molar-refractivity contribution in [2.45, 2.75) is 0 Å². The van der Waals surface area contributed by atoms with Crippen LogP contribution in [0.5, 0.6) is 0 Å². The molecular formula is C10H8FN3O. The predicted octanol–water partition coefficient (Wildman–Crippen LogP) is 1.65. The van der Waals surface area contributed by atoms with E-state index in [0.29, 0.717) is 11.5 Å². The number of hydrogen-bond donors (Lipinski definition) is 2. The average Bonchev–Trinajstić information content (AvgIpc) is 2.25. The van der Waals surface area contributed by atoms with E-state index < -0.39 is 0 Å². The summed E-state index contributed by atoms with van der Waals surface area (Å²) >= 11 is 0. The molecule has 1 aromatic carbocycles. The zero-order valence-corrected chi connectivity index (χ0v) is 7.70. The summed E-state index contributed by atoms with van der Waals surface area (Å²) in [4.78, 5) is 17.0. The van der Waals surface area contributed by atoms with E-state index >= 15 is 0 Å². The molecule has 0 aliphatic rings. The van der Waals surface area contributed by atoms with Crippen LogP contribution in [0.1, 0.15) is 0 Å². The summed E-state index contributed by atoms with van der Waals surface area (Å²) < 4.78 is 13.2. The Labute approximate surface area is 84.8 Å². The molecule has 1 aromatic heterocycles. The van der Waals surface area contributed by atoms with Crippen molar-refractivity contribution in [2.75, 3.05) is 5.32 Å². The Morgan fingerprint density at radius 2 is 2.13 bits per heavy atom. The molecule has 5 heteroatoms. The Morgan fingerprint density at radius 1 is 1.33 bits per heavy atom. The highest BCUT2D eigenvalue weighted by Crippen LogP contribution is 2.16. The fraction of sp³-hybridized carbons (Fsp3) is 0. The number of hydrogen-bond acceptors (Lipinski definition) is 3. The lowest BCUT2D eigenvalue weighted by atomic mass is 10.3. The minimum Gasteiger partial charge on any atom is -0.337 e. The maximum Gasteiger partial charge on any atom is 0.266 e. The number of para-hydroxylation sites is 1. The van der Waals surface area contributed by atoms with Crippen molar-refractivity contribution in [2.24, 2.45) is 0 Å². The van der Waals surface area contributed by atoms with Gasteiger partial charge in [-0.15, -0.1) is 0 Å².